The lowest BCUT2D eigenvalue weighted by atomic mass is 9.95. The SMILES string of the molecule is CCCn1c(C(=O)N[C@@H](CC(C)C)C(=O)N[C@H](C[C@H]2CCNC2=O)C(=O)CO)cc2c(OC)cccc21. The first kappa shape index (κ1) is 28.2. The van der Waals surface area contributed by atoms with Gasteiger partial charge in [-0.3, -0.25) is 19.2 Å². The number of benzene rings is 1. The number of ether oxygens (including phenoxy) is 1. The Hall–Kier alpha value is -3.40. The van der Waals surface area contributed by atoms with Gasteiger partial charge in [-0.05, 0) is 49.8 Å². The van der Waals surface area contributed by atoms with Gasteiger partial charge in [0.2, 0.25) is 11.8 Å². The van der Waals surface area contributed by atoms with Crippen molar-refractivity contribution in [3.63, 3.8) is 0 Å². The van der Waals surface area contributed by atoms with Crippen molar-refractivity contribution in [2.45, 2.75) is 65.1 Å². The molecule has 2 heterocycles. The maximum atomic E-state index is 13.5. The van der Waals surface area contributed by atoms with Crippen LogP contribution < -0.4 is 20.7 Å². The van der Waals surface area contributed by atoms with Crippen molar-refractivity contribution in [1.29, 1.82) is 0 Å². The van der Waals surface area contributed by atoms with Gasteiger partial charge in [0.05, 0.1) is 18.7 Å². The van der Waals surface area contributed by atoms with Gasteiger partial charge in [-0.15, -0.1) is 0 Å². The smallest absolute Gasteiger partial charge is 0.268 e. The molecule has 0 aliphatic carbocycles. The van der Waals surface area contributed by atoms with Crippen LogP contribution in [0.5, 0.6) is 5.75 Å². The number of nitrogens with one attached hydrogen (secondary N) is 3. The summed E-state index contributed by atoms with van der Waals surface area (Å²) < 4.78 is 7.39. The van der Waals surface area contributed by atoms with Crippen LogP contribution in [0.1, 0.15) is 56.9 Å². The molecular formula is C27H38N4O6. The lowest BCUT2D eigenvalue weighted by molar-refractivity contribution is -0.131. The number of Topliss-reactive ketones (excluding diaryl/α,β-unsaturated/α-hetero) is 1. The molecule has 4 N–H and O–H groups in total. The topological polar surface area (TPSA) is 139 Å². The Morgan fingerprint density at radius 3 is 2.57 bits per heavy atom. The van der Waals surface area contributed by atoms with Gasteiger partial charge in [-0.2, -0.15) is 0 Å². The third kappa shape index (κ3) is 6.68. The molecule has 3 amide bonds. The summed E-state index contributed by atoms with van der Waals surface area (Å²) in [5.74, 6) is -1.37. The van der Waals surface area contributed by atoms with Crippen molar-refractivity contribution in [2.75, 3.05) is 20.3 Å². The molecule has 0 spiro atoms. The van der Waals surface area contributed by atoms with Crippen LogP contribution in [0.15, 0.2) is 24.3 Å². The van der Waals surface area contributed by atoms with Crippen molar-refractivity contribution in [3.05, 3.63) is 30.0 Å². The Morgan fingerprint density at radius 2 is 1.97 bits per heavy atom. The number of aliphatic hydroxyl groups excluding tert-OH is 1. The first-order valence-corrected chi connectivity index (χ1v) is 12.9. The molecule has 1 saturated heterocycles. The zero-order valence-electron chi connectivity index (χ0n) is 22.0. The summed E-state index contributed by atoms with van der Waals surface area (Å²) in [7, 11) is 1.58. The molecule has 2 aromatic rings. The number of amides is 3. The van der Waals surface area contributed by atoms with E-state index < -0.39 is 42.2 Å². The van der Waals surface area contributed by atoms with E-state index in [1.54, 1.807) is 13.2 Å². The Bertz CT molecular complexity index is 1140. The molecule has 0 saturated carbocycles. The number of carbonyl (C=O) groups excluding carboxylic acids is 4. The van der Waals surface area contributed by atoms with E-state index in [0.29, 0.717) is 37.4 Å². The molecule has 1 fully saturated rings. The van der Waals surface area contributed by atoms with Crippen molar-refractivity contribution < 1.29 is 29.0 Å². The van der Waals surface area contributed by atoms with Gasteiger partial charge in [0.25, 0.3) is 5.91 Å². The molecule has 10 nitrogen and oxygen atoms in total. The molecule has 37 heavy (non-hydrogen) atoms. The van der Waals surface area contributed by atoms with E-state index >= 15 is 0 Å². The van der Waals surface area contributed by atoms with Gasteiger partial charge in [-0.25, -0.2) is 0 Å². The van der Waals surface area contributed by atoms with E-state index in [1.807, 2.05) is 43.5 Å². The monoisotopic (exact) mass is 514 g/mol. The molecule has 1 aromatic carbocycles. The number of fused-ring (bicyclic) bond motifs is 1. The summed E-state index contributed by atoms with van der Waals surface area (Å²) in [5.41, 5.74) is 1.27. The van der Waals surface area contributed by atoms with E-state index in [2.05, 4.69) is 16.0 Å². The van der Waals surface area contributed by atoms with E-state index in [-0.39, 0.29) is 18.2 Å². The van der Waals surface area contributed by atoms with Gasteiger partial charge in [0.1, 0.15) is 24.1 Å². The van der Waals surface area contributed by atoms with Crippen LogP contribution in [-0.4, -0.2) is 65.5 Å². The summed E-state index contributed by atoms with van der Waals surface area (Å²) in [6, 6.07) is 5.46. The minimum absolute atomic E-state index is 0.0743. The molecule has 202 valence electrons. The number of aromatic nitrogens is 1. The summed E-state index contributed by atoms with van der Waals surface area (Å²) in [6.07, 6.45) is 1.81. The fourth-order valence-electron chi connectivity index (χ4n) is 4.83. The van der Waals surface area contributed by atoms with Crippen molar-refractivity contribution in [1.82, 2.24) is 20.5 Å². The number of carbonyl (C=O) groups is 4. The Labute approximate surface area is 217 Å². The van der Waals surface area contributed by atoms with Gasteiger partial charge < -0.3 is 30.4 Å². The largest absolute Gasteiger partial charge is 0.496 e. The van der Waals surface area contributed by atoms with Crippen molar-refractivity contribution >= 4 is 34.4 Å². The number of aryl methyl sites for hydroxylation is 1. The number of aliphatic hydroxyl groups is 1. The standard InChI is InChI=1S/C27H38N4O6/c1-5-11-31-21-7-6-8-24(37-4)18(21)14-22(31)27(36)30-20(12-16(2)3)26(35)29-19(23(33)15-32)13-17-9-10-28-25(17)34/h6-8,14,16-17,19-20,32H,5,9-13,15H2,1-4H3,(H,28,34)(H,29,35)(H,30,36)/t17-,19-,20+/m1/s1. The number of ketones is 1. The predicted molar refractivity (Wildman–Crippen MR) is 139 cm³/mol. The van der Waals surface area contributed by atoms with Crippen LogP contribution in [0, 0.1) is 11.8 Å². The first-order chi connectivity index (χ1) is 17.7. The van der Waals surface area contributed by atoms with Crippen LogP contribution in [-0.2, 0) is 20.9 Å². The first-order valence-electron chi connectivity index (χ1n) is 12.9. The molecule has 3 rings (SSSR count). The Kier molecular flexibility index (Phi) is 9.68. The quantitative estimate of drug-likeness (QED) is 0.321. The van der Waals surface area contributed by atoms with Crippen LogP contribution in [0.4, 0.5) is 0 Å². The molecule has 0 bridgehead atoms. The van der Waals surface area contributed by atoms with Crippen LogP contribution in [0.3, 0.4) is 0 Å². The number of nitrogens with zero attached hydrogens (tertiary/aromatic N) is 1. The average Bonchev–Trinajstić information content (AvgIpc) is 3.45. The van der Waals surface area contributed by atoms with Crippen LogP contribution in [0.2, 0.25) is 0 Å². The molecule has 0 radical (unpaired) electrons. The molecule has 1 aromatic heterocycles. The Morgan fingerprint density at radius 1 is 1.22 bits per heavy atom. The van der Waals surface area contributed by atoms with Gasteiger partial charge >= 0.3 is 0 Å². The summed E-state index contributed by atoms with van der Waals surface area (Å²) in [4.78, 5) is 51.3. The minimum atomic E-state index is -1.02. The van der Waals surface area contributed by atoms with Gasteiger partial charge in [-0.1, -0.05) is 26.8 Å². The van der Waals surface area contributed by atoms with E-state index in [9.17, 15) is 24.3 Å². The van der Waals surface area contributed by atoms with Crippen molar-refractivity contribution in [3.8, 4) is 5.75 Å². The highest BCUT2D eigenvalue weighted by Gasteiger charge is 2.33. The fraction of sp³-hybridized carbons (Fsp3) is 0.556. The zero-order chi connectivity index (χ0) is 27.1. The number of hydrogen-bond donors (Lipinski definition) is 4. The third-order valence-corrected chi connectivity index (χ3v) is 6.68. The number of methoxy groups -OCH3 is 1. The van der Waals surface area contributed by atoms with Crippen LogP contribution in [0.25, 0.3) is 10.9 Å². The number of rotatable bonds is 13. The zero-order valence-corrected chi connectivity index (χ0v) is 22.0. The normalized spacial score (nSPS) is 16.9. The predicted octanol–water partition coefficient (Wildman–Crippen LogP) is 1.78. The summed E-state index contributed by atoms with van der Waals surface area (Å²) >= 11 is 0. The van der Waals surface area contributed by atoms with Gasteiger partial charge in [0.15, 0.2) is 5.78 Å². The highest BCUT2D eigenvalue weighted by atomic mass is 16.5. The van der Waals surface area contributed by atoms with Gasteiger partial charge in [0, 0.05) is 24.4 Å². The van der Waals surface area contributed by atoms with Crippen LogP contribution >= 0.6 is 0 Å². The molecule has 0 unspecified atom stereocenters. The highest BCUT2D eigenvalue weighted by Crippen LogP contribution is 2.29. The molecular weight excluding hydrogens is 476 g/mol. The van der Waals surface area contributed by atoms with E-state index in [1.165, 1.54) is 0 Å². The van der Waals surface area contributed by atoms with E-state index in [0.717, 1.165) is 17.3 Å². The Balaban J connectivity index is 1.85. The second-order valence-corrected chi connectivity index (χ2v) is 9.93. The van der Waals surface area contributed by atoms with E-state index in [4.69, 9.17) is 4.74 Å². The summed E-state index contributed by atoms with van der Waals surface area (Å²) in [6.45, 7) is 6.26. The second-order valence-electron chi connectivity index (χ2n) is 9.93. The molecule has 10 heteroatoms. The molecule has 1 aliphatic heterocycles. The molecule has 1 aliphatic rings. The second kappa shape index (κ2) is 12.7. The maximum absolute atomic E-state index is 13.5. The maximum Gasteiger partial charge on any atom is 0.268 e. The lowest BCUT2D eigenvalue weighted by Gasteiger charge is -2.25. The fourth-order valence-corrected chi connectivity index (χ4v) is 4.83. The highest BCUT2D eigenvalue weighted by molar-refractivity contribution is 6.02. The molecule has 3 atom stereocenters. The van der Waals surface area contributed by atoms with Crippen molar-refractivity contribution in [2.24, 2.45) is 11.8 Å². The number of hydrogen-bond acceptors (Lipinski definition) is 6. The third-order valence-electron chi connectivity index (χ3n) is 6.68. The average molecular weight is 515 g/mol. The minimum Gasteiger partial charge on any atom is -0.496 e. The summed E-state index contributed by atoms with van der Waals surface area (Å²) in [5, 5.41) is 18.5. The lowest BCUT2D eigenvalue weighted by Crippen LogP contribution is -2.53.